The van der Waals surface area contributed by atoms with Crippen LogP contribution < -0.4 is 16.0 Å². The van der Waals surface area contributed by atoms with Crippen molar-refractivity contribution in [1.29, 1.82) is 0 Å². The Hall–Kier alpha value is -0.960. The third kappa shape index (κ3) is 10.8. The Morgan fingerprint density at radius 3 is 2.40 bits per heavy atom. The molecule has 43 heavy (non-hydrogen) atoms. The molecule has 0 bridgehead atoms. The fraction of sp³-hybridized carbons (Fsp3) is 0.968. The van der Waals surface area contributed by atoms with Crippen molar-refractivity contribution < 1.29 is 34.0 Å². The predicted molar refractivity (Wildman–Crippen MR) is 162 cm³/mol. The predicted octanol–water partition coefficient (Wildman–Crippen LogP) is 0.427. The highest BCUT2D eigenvalue weighted by Gasteiger charge is 2.35. The fourth-order valence-electron chi connectivity index (χ4n) is 7.14. The Labute approximate surface area is 257 Å². The molecule has 3 aliphatic heterocycles. The Bertz CT molecular complexity index is 810. The van der Waals surface area contributed by atoms with Crippen molar-refractivity contribution in [1.82, 2.24) is 25.8 Å². The second kappa shape index (κ2) is 17.7. The van der Waals surface area contributed by atoms with E-state index in [1.807, 2.05) is 11.8 Å². The molecule has 11 nitrogen and oxygen atoms in total. The summed E-state index contributed by atoms with van der Waals surface area (Å²) in [6.45, 7) is 8.36. The molecule has 0 spiro atoms. The van der Waals surface area contributed by atoms with Gasteiger partial charge in [0, 0.05) is 71.9 Å². The lowest BCUT2D eigenvalue weighted by atomic mass is 9.83. The van der Waals surface area contributed by atoms with Gasteiger partial charge in [-0.15, -0.1) is 0 Å². The van der Waals surface area contributed by atoms with Crippen LogP contribution in [0.3, 0.4) is 0 Å². The van der Waals surface area contributed by atoms with E-state index in [-0.39, 0.29) is 49.2 Å². The summed E-state index contributed by atoms with van der Waals surface area (Å²) in [5, 5.41) is 38.6. The number of halogens is 1. The van der Waals surface area contributed by atoms with E-state index < -0.39 is 25.0 Å². The molecule has 1 saturated carbocycles. The number of ether oxygens (including phenoxy) is 2. The second-order valence-electron chi connectivity index (χ2n) is 13.4. The molecule has 250 valence electrons. The molecule has 0 aromatic carbocycles. The molecule has 4 fully saturated rings. The molecule has 1 amide bonds. The highest BCUT2D eigenvalue weighted by molar-refractivity contribution is 5.76. The quantitative estimate of drug-likeness (QED) is 0.136. The Kier molecular flexibility index (Phi) is 14.3. The molecule has 3 heterocycles. The van der Waals surface area contributed by atoms with Gasteiger partial charge in [-0.25, -0.2) is 4.39 Å². The fourth-order valence-corrected chi connectivity index (χ4v) is 7.14. The maximum atomic E-state index is 15.1. The number of rotatable bonds is 16. The molecule has 1 aliphatic carbocycles. The molecule has 6 N–H and O–H groups in total. The van der Waals surface area contributed by atoms with Crippen LogP contribution in [0.15, 0.2) is 0 Å². The standard InChI is InChI=1S/C31H58FN5O6/c1-2-42-27-17-34-30(35-18-27)36-10-7-23(8-11-36)4-3-13-43-26-6-5-25(28(32)15-26)14-29(40)37-12-9-24(19-37)16-33-20-31(41,21-38)22-39/h23-28,30,33-35,38-39,41H,2-22H2,1H3/t24-,25?,26?,27?,28?,30?/m0/s1. The van der Waals surface area contributed by atoms with Gasteiger partial charge in [0.1, 0.15) is 18.1 Å². The van der Waals surface area contributed by atoms with Gasteiger partial charge >= 0.3 is 0 Å². The van der Waals surface area contributed by atoms with Gasteiger partial charge in [0.15, 0.2) is 0 Å². The molecule has 3 saturated heterocycles. The first-order valence-electron chi connectivity index (χ1n) is 16.8. The number of nitrogens with zero attached hydrogens (tertiary/aromatic N) is 2. The summed E-state index contributed by atoms with van der Waals surface area (Å²) in [5.74, 6) is 0.744. The van der Waals surface area contributed by atoms with Crippen molar-refractivity contribution in [2.45, 2.75) is 95.0 Å². The molecular weight excluding hydrogens is 557 g/mol. The normalized spacial score (nSPS) is 31.5. The van der Waals surface area contributed by atoms with Crippen molar-refractivity contribution in [2.75, 3.05) is 78.8 Å². The molecule has 0 aromatic rings. The Balaban J connectivity index is 1.03. The maximum Gasteiger partial charge on any atom is 0.222 e. The minimum absolute atomic E-state index is 0.0209. The van der Waals surface area contributed by atoms with Crippen molar-refractivity contribution in [3.8, 4) is 0 Å². The van der Waals surface area contributed by atoms with E-state index in [2.05, 4.69) is 20.9 Å². The molecule has 0 radical (unpaired) electrons. The monoisotopic (exact) mass is 615 g/mol. The molecular formula is C31H58FN5O6. The zero-order chi connectivity index (χ0) is 30.7. The number of hydrogen-bond donors (Lipinski definition) is 6. The molecule has 12 heteroatoms. The van der Waals surface area contributed by atoms with Crippen molar-refractivity contribution in [2.24, 2.45) is 17.8 Å². The number of hydrogen-bond acceptors (Lipinski definition) is 10. The second-order valence-corrected chi connectivity index (χ2v) is 13.4. The topological polar surface area (TPSA) is 139 Å². The Morgan fingerprint density at radius 2 is 1.72 bits per heavy atom. The number of piperidine rings is 1. The number of aliphatic hydroxyl groups excluding tert-OH is 2. The number of carbonyl (C=O) groups excluding carboxylic acids is 1. The van der Waals surface area contributed by atoms with Gasteiger partial charge < -0.3 is 35.0 Å². The summed E-state index contributed by atoms with van der Waals surface area (Å²) < 4.78 is 26.9. The molecule has 4 rings (SSSR count). The third-order valence-corrected chi connectivity index (χ3v) is 10.0. The highest BCUT2D eigenvalue weighted by Crippen LogP contribution is 2.33. The van der Waals surface area contributed by atoms with Gasteiger partial charge in [0.2, 0.25) is 5.91 Å². The van der Waals surface area contributed by atoms with Crippen LogP contribution in [0.2, 0.25) is 0 Å². The first-order valence-corrected chi connectivity index (χ1v) is 16.8. The van der Waals surface area contributed by atoms with Crippen LogP contribution in [0.25, 0.3) is 0 Å². The first-order chi connectivity index (χ1) is 20.8. The largest absolute Gasteiger partial charge is 0.393 e. The summed E-state index contributed by atoms with van der Waals surface area (Å²) in [4.78, 5) is 17.2. The van der Waals surface area contributed by atoms with E-state index in [0.717, 1.165) is 64.4 Å². The van der Waals surface area contributed by atoms with Crippen LogP contribution in [0.5, 0.6) is 0 Å². The van der Waals surface area contributed by atoms with Gasteiger partial charge in [-0.1, -0.05) is 0 Å². The summed E-state index contributed by atoms with van der Waals surface area (Å²) in [6.07, 6.45) is 6.99. The van der Waals surface area contributed by atoms with Crippen LogP contribution in [0, 0.1) is 17.8 Å². The average molecular weight is 616 g/mol. The molecule has 4 atom stereocenters. The SMILES string of the molecule is CCOC1CNC(N2CCC(CCCOC3CCC(CC(=O)N4CC[C@@H](CNCC(O)(CO)CO)C4)C(F)C3)CC2)NC1. The first kappa shape index (κ1) is 34.9. The van der Waals surface area contributed by atoms with Gasteiger partial charge in [-0.3, -0.25) is 20.3 Å². The maximum absolute atomic E-state index is 15.1. The summed E-state index contributed by atoms with van der Waals surface area (Å²) in [5.41, 5.74) is -1.54. The summed E-state index contributed by atoms with van der Waals surface area (Å²) in [6, 6.07) is 0. The third-order valence-electron chi connectivity index (χ3n) is 10.0. The van der Waals surface area contributed by atoms with Crippen molar-refractivity contribution >= 4 is 5.91 Å². The number of amides is 1. The van der Waals surface area contributed by atoms with E-state index in [1.54, 1.807) is 0 Å². The number of likely N-dealkylation sites (tertiary alicyclic amines) is 2. The van der Waals surface area contributed by atoms with Crippen LogP contribution in [0.4, 0.5) is 4.39 Å². The molecule has 0 aromatic heterocycles. The van der Waals surface area contributed by atoms with E-state index in [0.29, 0.717) is 39.1 Å². The lowest BCUT2D eigenvalue weighted by molar-refractivity contribution is -0.132. The lowest BCUT2D eigenvalue weighted by Gasteiger charge is -2.41. The smallest absolute Gasteiger partial charge is 0.222 e. The number of alkyl halides is 1. The van der Waals surface area contributed by atoms with Crippen molar-refractivity contribution in [3.05, 3.63) is 0 Å². The van der Waals surface area contributed by atoms with E-state index >= 15 is 4.39 Å². The Morgan fingerprint density at radius 1 is 1.00 bits per heavy atom. The van der Waals surface area contributed by atoms with Crippen LogP contribution in [0.1, 0.15) is 64.7 Å². The molecule has 3 unspecified atom stereocenters. The van der Waals surface area contributed by atoms with E-state index in [4.69, 9.17) is 9.47 Å². The van der Waals surface area contributed by atoms with E-state index in [1.165, 1.54) is 12.8 Å². The van der Waals surface area contributed by atoms with Gasteiger partial charge in [0.05, 0.1) is 25.4 Å². The highest BCUT2D eigenvalue weighted by atomic mass is 19.1. The van der Waals surface area contributed by atoms with E-state index in [9.17, 15) is 20.1 Å². The zero-order valence-corrected chi connectivity index (χ0v) is 26.2. The van der Waals surface area contributed by atoms with Gasteiger partial charge in [-0.05, 0) is 76.2 Å². The zero-order valence-electron chi connectivity index (χ0n) is 26.2. The van der Waals surface area contributed by atoms with Crippen molar-refractivity contribution in [3.63, 3.8) is 0 Å². The van der Waals surface area contributed by atoms with Crippen LogP contribution in [-0.4, -0.2) is 140 Å². The lowest BCUT2D eigenvalue weighted by Crippen LogP contribution is -2.64. The average Bonchev–Trinajstić information content (AvgIpc) is 3.50. The van der Waals surface area contributed by atoms with Crippen LogP contribution in [-0.2, 0) is 14.3 Å². The van der Waals surface area contributed by atoms with Gasteiger partial charge in [-0.2, -0.15) is 0 Å². The van der Waals surface area contributed by atoms with Crippen LogP contribution >= 0.6 is 0 Å². The number of nitrogens with one attached hydrogen (secondary N) is 3. The number of carbonyl (C=O) groups is 1. The number of aliphatic hydroxyl groups is 3. The minimum atomic E-state index is -1.54. The van der Waals surface area contributed by atoms with Gasteiger partial charge in [0.25, 0.3) is 0 Å². The summed E-state index contributed by atoms with van der Waals surface area (Å²) >= 11 is 0. The summed E-state index contributed by atoms with van der Waals surface area (Å²) in [7, 11) is 0. The molecule has 4 aliphatic rings. The minimum Gasteiger partial charge on any atom is -0.393 e.